The van der Waals surface area contributed by atoms with Crippen molar-refractivity contribution in [2.45, 2.75) is 19.4 Å². The Morgan fingerprint density at radius 1 is 1.89 bits per heavy atom. The molecule has 0 spiro atoms. The Balaban J connectivity index is 2.12. The van der Waals surface area contributed by atoms with Crippen LogP contribution in [0, 0.1) is 5.92 Å². The quantitative estimate of drug-likeness (QED) is 0.542. The van der Waals surface area contributed by atoms with Crippen LogP contribution in [0.4, 0.5) is 0 Å². The normalized spacial score (nSPS) is 31.8. The zero-order chi connectivity index (χ0) is 6.85. The molecule has 1 N–H and O–H groups in total. The molecular formula is C6H11NOS. The second kappa shape index (κ2) is 2.60. The van der Waals surface area contributed by atoms with Crippen molar-refractivity contribution in [3.05, 3.63) is 0 Å². The van der Waals surface area contributed by atoms with E-state index in [0.717, 1.165) is 6.42 Å². The summed E-state index contributed by atoms with van der Waals surface area (Å²) in [5.41, 5.74) is 0. The third kappa shape index (κ3) is 1.90. The van der Waals surface area contributed by atoms with Crippen molar-refractivity contribution in [3.8, 4) is 0 Å². The van der Waals surface area contributed by atoms with Gasteiger partial charge in [0, 0.05) is 6.04 Å². The molecule has 0 saturated heterocycles. The highest BCUT2D eigenvalue weighted by atomic mass is 32.1. The summed E-state index contributed by atoms with van der Waals surface area (Å²) in [4.78, 5) is 10.6. The van der Waals surface area contributed by atoms with Crippen LogP contribution in [0.5, 0.6) is 0 Å². The third-order valence-corrected chi connectivity index (χ3v) is 1.89. The monoisotopic (exact) mass is 145 g/mol. The summed E-state index contributed by atoms with van der Waals surface area (Å²) in [6.45, 7) is 2.13. The zero-order valence-electron chi connectivity index (χ0n) is 5.42. The number of carbonyl (C=O) groups excluding carboxylic acids is 1. The SMILES string of the molecule is CC1CC1NC(=O)CS. The van der Waals surface area contributed by atoms with Crippen molar-refractivity contribution in [3.63, 3.8) is 0 Å². The van der Waals surface area contributed by atoms with Gasteiger partial charge in [-0.1, -0.05) is 6.92 Å². The lowest BCUT2D eigenvalue weighted by Gasteiger charge is -1.97. The first kappa shape index (κ1) is 6.93. The Hall–Kier alpha value is -0.180. The van der Waals surface area contributed by atoms with Gasteiger partial charge in [-0.2, -0.15) is 12.6 Å². The molecule has 1 aliphatic rings. The van der Waals surface area contributed by atoms with Gasteiger partial charge in [-0.15, -0.1) is 0 Å². The van der Waals surface area contributed by atoms with Gasteiger partial charge in [0.05, 0.1) is 5.75 Å². The maximum Gasteiger partial charge on any atom is 0.229 e. The molecule has 0 aromatic heterocycles. The van der Waals surface area contributed by atoms with E-state index in [1.165, 1.54) is 0 Å². The fourth-order valence-corrected chi connectivity index (χ4v) is 0.867. The Morgan fingerprint density at radius 2 is 2.44 bits per heavy atom. The lowest BCUT2D eigenvalue weighted by molar-refractivity contribution is -0.118. The van der Waals surface area contributed by atoms with Crippen LogP contribution < -0.4 is 5.32 Å². The van der Waals surface area contributed by atoms with Crippen molar-refractivity contribution in [1.82, 2.24) is 5.32 Å². The molecule has 0 aromatic carbocycles. The molecule has 0 radical (unpaired) electrons. The summed E-state index contributed by atoms with van der Waals surface area (Å²) in [6, 6.07) is 0.449. The van der Waals surface area contributed by atoms with Gasteiger partial charge in [0.1, 0.15) is 0 Å². The predicted octanol–water partition coefficient (Wildman–Crippen LogP) is 0.441. The molecule has 1 aliphatic carbocycles. The molecule has 52 valence electrons. The maximum atomic E-state index is 10.6. The average molecular weight is 145 g/mol. The van der Waals surface area contributed by atoms with E-state index in [9.17, 15) is 4.79 Å². The Morgan fingerprint density at radius 3 is 2.78 bits per heavy atom. The number of hydrogen-bond acceptors (Lipinski definition) is 2. The number of carbonyl (C=O) groups is 1. The van der Waals surface area contributed by atoms with E-state index >= 15 is 0 Å². The van der Waals surface area contributed by atoms with Gasteiger partial charge in [-0.25, -0.2) is 0 Å². The predicted molar refractivity (Wildman–Crippen MR) is 39.6 cm³/mol. The smallest absolute Gasteiger partial charge is 0.229 e. The summed E-state index contributed by atoms with van der Waals surface area (Å²) in [5, 5.41) is 2.84. The fourth-order valence-electron chi connectivity index (χ4n) is 0.776. The van der Waals surface area contributed by atoms with Crippen LogP contribution in [-0.2, 0) is 4.79 Å². The first-order chi connectivity index (χ1) is 4.24. The molecule has 1 rings (SSSR count). The van der Waals surface area contributed by atoms with Crippen molar-refractivity contribution in [1.29, 1.82) is 0 Å². The summed E-state index contributed by atoms with van der Waals surface area (Å²) >= 11 is 3.84. The molecule has 2 nitrogen and oxygen atoms in total. The Bertz CT molecular complexity index is 126. The van der Waals surface area contributed by atoms with Crippen LogP contribution in [0.25, 0.3) is 0 Å². The number of amides is 1. The van der Waals surface area contributed by atoms with Crippen LogP contribution in [0.2, 0.25) is 0 Å². The minimum atomic E-state index is 0.0488. The summed E-state index contributed by atoms with van der Waals surface area (Å²) < 4.78 is 0. The highest BCUT2D eigenvalue weighted by molar-refractivity contribution is 7.81. The third-order valence-electron chi connectivity index (χ3n) is 1.60. The van der Waals surface area contributed by atoms with Crippen molar-refractivity contribution >= 4 is 18.5 Å². The molecule has 1 amide bonds. The first-order valence-corrected chi connectivity index (χ1v) is 3.77. The Kier molecular flexibility index (Phi) is 2.01. The zero-order valence-corrected chi connectivity index (χ0v) is 6.32. The van der Waals surface area contributed by atoms with E-state index in [0.29, 0.717) is 17.7 Å². The van der Waals surface area contributed by atoms with Gasteiger partial charge < -0.3 is 5.32 Å². The van der Waals surface area contributed by atoms with E-state index in [-0.39, 0.29) is 5.91 Å². The lowest BCUT2D eigenvalue weighted by Crippen LogP contribution is -2.27. The van der Waals surface area contributed by atoms with E-state index in [4.69, 9.17) is 0 Å². The average Bonchev–Trinajstić information content (AvgIpc) is 2.47. The molecule has 1 fully saturated rings. The summed E-state index contributed by atoms with van der Waals surface area (Å²) in [6.07, 6.45) is 1.14. The van der Waals surface area contributed by atoms with Gasteiger partial charge in [0.15, 0.2) is 0 Å². The van der Waals surface area contributed by atoms with Crippen LogP contribution in [-0.4, -0.2) is 17.7 Å². The van der Waals surface area contributed by atoms with Crippen molar-refractivity contribution in [2.75, 3.05) is 5.75 Å². The molecule has 0 heterocycles. The lowest BCUT2D eigenvalue weighted by atomic mass is 10.5. The first-order valence-electron chi connectivity index (χ1n) is 3.14. The number of nitrogens with one attached hydrogen (secondary N) is 1. The van der Waals surface area contributed by atoms with E-state index in [2.05, 4.69) is 24.9 Å². The molecule has 0 aliphatic heterocycles. The standard InChI is InChI=1S/C6H11NOS/c1-4-2-5(4)7-6(8)3-9/h4-5,9H,2-3H2,1H3,(H,7,8). The second-order valence-electron chi connectivity index (χ2n) is 2.55. The molecular weight excluding hydrogens is 134 g/mol. The van der Waals surface area contributed by atoms with Crippen molar-refractivity contribution in [2.24, 2.45) is 5.92 Å². The summed E-state index contributed by atoms with van der Waals surface area (Å²) in [7, 11) is 0. The minimum Gasteiger partial charge on any atom is -0.352 e. The highest BCUT2D eigenvalue weighted by Crippen LogP contribution is 2.28. The second-order valence-corrected chi connectivity index (χ2v) is 2.86. The van der Waals surface area contributed by atoms with Crippen LogP contribution >= 0.6 is 12.6 Å². The molecule has 0 aromatic rings. The fraction of sp³-hybridized carbons (Fsp3) is 0.833. The highest BCUT2D eigenvalue weighted by Gasteiger charge is 2.33. The van der Waals surface area contributed by atoms with Crippen molar-refractivity contribution < 1.29 is 4.79 Å². The number of rotatable bonds is 2. The summed E-state index contributed by atoms with van der Waals surface area (Å²) in [5.74, 6) is 1.05. The van der Waals surface area contributed by atoms with E-state index in [1.807, 2.05) is 0 Å². The maximum absolute atomic E-state index is 10.6. The van der Waals surface area contributed by atoms with Gasteiger partial charge in [0.25, 0.3) is 0 Å². The molecule has 2 atom stereocenters. The molecule has 2 unspecified atom stereocenters. The van der Waals surface area contributed by atoms with Crippen LogP contribution in [0.15, 0.2) is 0 Å². The topological polar surface area (TPSA) is 29.1 Å². The number of hydrogen-bond donors (Lipinski definition) is 2. The van der Waals surface area contributed by atoms with Gasteiger partial charge in [-0.3, -0.25) is 4.79 Å². The van der Waals surface area contributed by atoms with Crippen LogP contribution in [0.3, 0.4) is 0 Å². The number of thiol groups is 1. The van der Waals surface area contributed by atoms with Gasteiger partial charge in [-0.05, 0) is 12.3 Å². The van der Waals surface area contributed by atoms with E-state index in [1.54, 1.807) is 0 Å². The molecule has 9 heavy (non-hydrogen) atoms. The largest absolute Gasteiger partial charge is 0.352 e. The molecule has 3 heteroatoms. The van der Waals surface area contributed by atoms with E-state index < -0.39 is 0 Å². The van der Waals surface area contributed by atoms with Gasteiger partial charge >= 0.3 is 0 Å². The molecule has 1 saturated carbocycles. The Labute approximate surface area is 60.4 Å². The minimum absolute atomic E-state index is 0.0488. The van der Waals surface area contributed by atoms with Crippen LogP contribution in [0.1, 0.15) is 13.3 Å². The van der Waals surface area contributed by atoms with Gasteiger partial charge in [0.2, 0.25) is 5.91 Å². The molecule has 0 bridgehead atoms.